The fraction of sp³-hybridized carbons (Fsp3) is 0.106. The first-order valence-electron chi connectivity index (χ1n) is 17.3. The van der Waals surface area contributed by atoms with Gasteiger partial charge in [-0.05, 0) is 111 Å². The van der Waals surface area contributed by atoms with Gasteiger partial charge in [-0.25, -0.2) is 0 Å². The topological polar surface area (TPSA) is 16.4 Å². The van der Waals surface area contributed by atoms with E-state index in [1.165, 1.54) is 78.3 Å². The number of nitrogens with zero attached hydrogens (tertiary/aromatic N) is 1. The number of benzene rings is 7. The highest BCUT2D eigenvalue weighted by molar-refractivity contribution is 6.06. The first-order valence-corrected chi connectivity index (χ1v) is 17.3. The van der Waals surface area contributed by atoms with Crippen LogP contribution in [0.15, 0.2) is 150 Å². The lowest BCUT2D eigenvalue weighted by molar-refractivity contribution is 0.615. The molecule has 0 saturated heterocycles. The summed E-state index contributed by atoms with van der Waals surface area (Å²) in [4.78, 5) is 2.53. The number of para-hydroxylation sites is 1. The molecule has 3 aliphatic rings. The van der Waals surface area contributed by atoms with E-state index in [4.69, 9.17) is 4.42 Å². The summed E-state index contributed by atoms with van der Waals surface area (Å²) in [6.45, 7) is 7.32. The van der Waals surface area contributed by atoms with Crippen molar-refractivity contribution >= 4 is 39.0 Å². The van der Waals surface area contributed by atoms with Gasteiger partial charge in [-0.1, -0.05) is 117 Å². The lowest BCUT2D eigenvalue weighted by Gasteiger charge is -2.45. The van der Waals surface area contributed by atoms with Crippen LogP contribution < -0.4 is 4.90 Å². The van der Waals surface area contributed by atoms with Gasteiger partial charge in [0.1, 0.15) is 11.2 Å². The van der Waals surface area contributed by atoms with E-state index in [0.717, 1.165) is 21.9 Å². The molecule has 2 heteroatoms. The molecule has 1 unspecified atom stereocenters. The number of rotatable bonds is 2. The minimum Gasteiger partial charge on any atom is -0.456 e. The van der Waals surface area contributed by atoms with E-state index in [1.54, 1.807) is 0 Å². The molecule has 0 bridgehead atoms. The average molecular weight is 628 g/mol. The summed E-state index contributed by atoms with van der Waals surface area (Å²) in [5.41, 5.74) is 20.0. The summed E-state index contributed by atoms with van der Waals surface area (Å²) in [7, 11) is 0. The van der Waals surface area contributed by atoms with Crippen molar-refractivity contribution < 1.29 is 4.42 Å². The Morgan fingerprint density at radius 3 is 1.92 bits per heavy atom. The maximum absolute atomic E-state index is 6.12. The maximum Gasteiger partial charge on any atom is 0.135 e. The van der Waals surface area contributed by atoms with E-state index in [1.807, 2.05) is 12.1 Å². The molecule has 7 aromatic carbocycles. The van der Waals surface area contributed by atoms with Gasteiger partial charge >= 0.3 is 0 Å². The molecule has 232 valence electrons. The van der Waals surface area contributed by atoms with Gasteiger partial charge in [-0.3, -0.25) is 0 Å². The zero-order valence-electron chi connectivity index (χ0n) is 27.7. The Morgan fingerprint density at radius 2 is 1.08 bits per heavy atom. The van der Waals surface area contributed by atoms with Gasteiger partial charge in [0.05, 0.1) is 11.4 Å². The molecular formula is C47H33NO. The van der Waals surface area contributed by atoms with Crippen LogP contribution in [0.3, 0.4) is 0 Å². The average Bonchev–Trinajstić information content (AvgIpc) is 3.73. The van der Waals surface area contributed by atoms with Crippen LogP contribution in [0.25, 0.3) is 55.3 Å². The standard InChI is InChI=1S/C47H33NO/c1-46(2)37-15-7-4-11-31(37)35-24-25-40-45(44(35)46)47(3)38-16-8-5-12-32(38)34-14-10-17-39(43(34)47)48(40)30-22-19-28(20-23-30)29-21-26-42-36(27-29)33-13-6-9-18-41(33)49-42/h4-27H,1-3H3. The summed E-state index contributed by atoms with van der Waals surface area (Å²) >= 11 is 0. The van der Waals surface area contributed by atoms with E-state index < -0.39 is 0 Å². The van der Waals surface area contributed by atoms with Crippen molar-refractivity contribution in [2.75, 3.05) is 4.90 Å². The Kier molecular flexibility index (Phi) is 5.08. The van der Waals surface area contributed by atoms with E-state index in [2.05, 4.69) is 159 Å². The number of fused-ring (bicyclic) bond motifs is 12. The second-order valence-corrected chi connectivity index (χ2v) is 14.6. The minimum atomic E-state index is -0.290. The highest BCUT2D eigenvalue weighted by Gasteiger charge is 2.52. The zero-order chi connectivity index (χ0) is 32.6. The molecule has 11 rings (SSSR count). The monoisotopic (exact) mass is 627 g/mol. The molecule has 0 fully saturated rings. The molecule has 0 spiro atoms. The number of hydrogen-bond acceptors (Lipinski definition) is 2. The van der Waals surface area contributed by atoms with Crippen molar-refractivity contribution in [2.24, 2.45) is 0 Å². The SMILES string of the molecule is CC1(C)c2ccccc2-c2ccc3c(c21)C1(C)c2ccccc2-c2cccc(c21)N3c1ccc(-c2ccc3oc4ccccc4c3c2)cc1. The fourth-order valence-corrected chi connectivity index (χ4v) is 9.70. The molecule has 0 radical (unpaired) electrons. The summed E-state index contributed by atoms with van der Waals surface area (Å²) < 4.78 is 6.12. The van der Waals surface area contributed by atoms with Crippen molar-refractivity contribution in [3.63, 3.8) is 0 Å². The first kappa shape index (κ1) is 27.1. The lowest BCUT2D eigenvalue weighted by atomic mass is 9.65. The van der Waals surface area contributed by atoms with Crippen LogP contribution >= 0.6 is 0 Å². The molecule has 49 heavy (non-hydrogen) atoms. The van der Waals surface area contributed by atoms with Crippen molar-refractivity contribution in [1.82, 2.24) is 0 Å². The maximum atomic E-state index is 6.12. The summed E-state index contributed by atoms with van der Waals surface area (Å²) in [5.74, 6) is 0. The molecule has 2 aliphatic carbocycles. The van der Waals surface area contributed by atoms with E-state index in [-0.39, 0.29) is 10.8 Å². The van der Waals surface area contributed by atoms with Crippen molar-refractivity contribution in [3.8, 4) is 33.4 Å². The first-order chi connectivity index (χ1) is 23.9. The number of furan rings is 1. The van der Waals surface area contributed by atoms with Crippen molar-refractivity contribution in [2.45, 2.75) is 31.6 Å². The summed E-state index contributed by atoms with van der Waals surface area (Å²) in [5, 5.41) is 2.30. The molecule has 0 saturated carbocycles. The van der Waals surface area contributed by atoms with Crippen LogP contribution in [-0.2, 0) is 10.8 Å². The molecular weight excluding hydrogens is 595 g/mol. The largest absolute Gasteiger partial charge is 0.456 e. The van der Waals surface area contributed by atoms with Gasteiger partial charge < -0.3 is 9.32 Å². The molecule has 1 aromatic heterocycles. The Hall–Kier alpha value is -5.86. The second kappa shape index (κ2) is 9.18. The van der Waals surface area contributed by atoms with E-state index in [9.17, 15) is 0 Å². The van der Waals surface area contributed by atoms with Gasteiger partial charge in [0, 0.05) is 27.3 Å². The minimum absolute atomic E-state index is 0.143. The third-order valence-corrected chi connectivity index (χ3v) is 11.8. The molecule has 1 atom stereocenters. The van der Waals surface area contributed by atoms with Crippen LogP contribution in [0.1, 0.15) is 48.6 Å². The molecule has 1 aliphatic heterocycles. The molecule has 2 heterocycles. The Morgan fingerprint density at radius 1 is 0.449 bits per heavy atom. The number of anilines is 3. The Bertz CT molecular complexity index is 2710. The molecule has 0 N–H and O–H groups in total. The van der Waals surface area contributed by atoms with Crippen molar-refractivity contribution in [3.05, 3.63) is 173 Å². The summed E-state index contributed by atoms with van der Waals surface area (Å²) in [6, 6.07) is 53.7. The normalized spacial score (nSPS) is 17.5. The molecule has 2 nitrogen and oxygen atoms in total. The van der Waals surface area contributed by atoms with Gasteiger partial charge in [0.2, 0.25) is 0 Å². The van der Waals surface area contributed by atoms with Gasteiger partial charge in [-0.15, -0.1) is 0 Å². The van der Waals surface area contributed by atoms with Crippen LogP contribution in [0.2, 0.25) is 0 Å². The predicted octanol–water partition coefficient (Wildman–Crippen LogP) is 12.7. The lowest BCUT2D eigenvalue weighted by Crippen LogP contribution is -2.35. The van der Waals surface area contributed by atoms with Crippen LogP contribution in [0.4, 0.5) is 17.1 Å². The van der Waals surface area contributed by atoms with Gasteiger partial charge in [0.25, 0.3) is 0 Å². The quantitative estimate of drug-likeness (QED) is 0.190. The third-order valence-electron chi connectivity index (χ3n) is 11.8. The van der Waals surface area contributed by atoms with Crippen LogP contribution in [0, 0.1) is 0 Å². The second-order valence-electron chi connectivity index (χ2n) is 14.6. The zero-order valence-corrected chi connectivity index (χ0v) is 27.7. The highest BCUT2D eigenvalue weighted by Crippen LogP contribution is 2.66. The predicted molar refractivity (Wildman–Crippen MR) is 202 cm³/mol. The smallest absolute Gasteiger partial charge is 0.135 e. The van der Waals surface area contributed by atoms with Crippen molar-refractivity contribution in [1.29, 1.82) is 0 Å². The summed E-state index contributed by atoms with van der Waals surface area (Å²) in [6.07, 6.45) is 0. The Balaban J connectivity index is 1.14. The fourth-order valence-electron chi connectivity index (χ4n) is 9.70. The van der Waals surface area contributed by atoms with Crippen LogP contribution in [0.5, 0.6) is 0 Å². The molecule has 0 amide bonds. The molecule has 8 aromatic rings. The Labute approximate surface area is 285 Å². The third kappa shape index (κ3) is 3.31. The van der Waals surface area contributed by atoms with Gasteiger partial charge in [-0.2, -0.15) is 0 Å². The highest BCUT2D eigenvalue weighted by atomic mass is 16.3. The van der Waals surface area contributed by atoms with Crippen LogP contribution in [-0.4, -0.2) is 0 Å². The van der Waals surface area contributed by atoms with E-state index >= 15 is 0 Å². The van der Waals surface area contributed by atoms with E-state index in [0.29, 0.717) is 0 Å². The number of hydrogen-bond donors (Lipinski definition) is 0. The van der Waals surface area contributed by atoms with Gasteiger partial charge in [0.15, 0.2) is 0 Å².